The second-order valence-electron chi connectivity index (χ2n) is 4.81. The van der Waals surface area contributed by atoms with Gasteiger partial charge in [-0.25, -0.2) is 8.42 Å². The molecule has 2 rings (SSSR count). The zero-order valence-corrected chi connectivity index (χ0v) is 12.7. The molecule has 0 heterocycles. The van der Waals surface area contributed by atoms with Gasteiger partial charge in [0.2, 0.25) is 0 Å². The number of rotatable bonds is 4. The van der Waals surface area contributed by atoms with Crippen LogP contribution in [-0.2, 0) is 10.0 Å². The maximum Gasteiger partial charge on any atom is 0.312 e. The molecule has 2 aromatic carbocycles. The average molecular weight is 322 g/mol. The predicted molar refractivity (Wildman–Crippen MR) is 81.5 cm³/mol. The molecule has 7 nitrogen and oxygen atoms in total. The highest BCUT2D eigenvalue weighted by molar-refractivity contribution is 7.92. The molecule has 2 aromatic rings. The first-order valence-electron chi connectivity index (χ1n) is 6.28. The Morgan fingerprint density at radius 1 is 1.09 bits per heavy atom. The van der Waals surface area contributed by atoms with E-state index in [0.29, 0.717) is 5.69 Å². The van der Waals surface area contributed by atoms with E-state index in [-0.39, 0.29) is 4.90 Å². The van der Waals surface area contributed by atoms with Gasteiger partial charge in [0.25, 0.3) is 10.0 Å². The molecule has 0 radical (unpaired) electrons. The average Bonchev–Trinajstić information content (AvgIpc) is 2.42. The molecule has 0 amide bonds. The first-order valence-corrected chi connectivity index (χ1v) is 7.76. The Bertz CT molecular complexity index is 846. The van der Waals surface area contributed by atoms with Crippen LogP contribution in [-0.4, -0.2) is 18.4 Å². The maximum atomic E-state index is 12.3. The van der Waals surface area contributed by atoms with Crippen molar-refractivity contribution in [2.24, 2.45) is 0 Å². The summed E-state index contributed by atoms with van der Waals surface area (Å²) in [7, 11) is -3.98. The quantitative estimate of drug-likeness (QED) is 0.664. The number of nitro groups is 1. The third kappa shape index (κ3) is 3.17. The van der Waals surface area contributed by atoms with E-state index >= 15 is 0 Å². The van der Waals surface area contributed by atoms with Crippen molar-refractivity contribution in [3.8, 4) is 5.75 Å². The Morgan fingerprint density at radius 2 is 1.77 bits per heavy atom. The zero-order chi connectivity index (χ0) is 16.5. The van der Waals surface area contributed by atoms with Crippen LogP contribution in [0.3, 0.4) is 0 Å². The maximum absolute atomic E-state index is 12.3. The molecular formula is C14H14N2O5S. The van der Waals surface area contributed by atoms with E-state index in [0.717, 1.165) is 29.3 Å². The van der Waals surface area contributed by atoms with Crippen molar-refractivity contribution in [2.75, 3.05) is 4.72 Å². The molecule has 2 N–H and O–H groups in total. The summed E-state index contributed by atoms with van der Waals surface area (Å²) in [6.07, 6.45) is 0. The van der Waals surface area contributed by atoms with Gasteiger partial charge in [0.1, 0.15) is 0 Å². The molecule has 0 atom stereocenters. The lowest BCUT2D eigenvalue weighted by molar-refractivity contribution is -0.386. The van der Waals surface area contributed by atoms with Gasteiger partial charge in [-0.3, -0.25) is 14.8 Å². The van der Waals surface area contributed by atoms with Crippen molar-refractivity contribution >= 4 is 21.4 Å². The first-order chi connectivity index (χ1) is 10.2. The van der Waals surface area contributed by atoms with Crippen molar-refractivity contribution in [3.63, 3.8) is 0 Å². The number of hydrogen-bond donors (Lipinski definition) is 2. The van der Waals surface area contributed by atoms with Crippen LogP contribution in [0.5, 0.6) is 5.75 Å². The minimum absolute atomic E-state index is 0.296. The molecule has 0 aromatic heterocycles. The lowest BCUT2D eigenvalue weighted by atomic mass is 10.1. The van der Waals surface area contributed by atoms with Gasteiger partial charge in [0.15, 0.2) is 5.75 Å². The normalized spacial score (nSPS) is 11.2. The van der Waals surface area contributed by atoms with Crippen molar-refractivity contribution in [3.05, 3.63) is 57.6 Å². The van der Waals surface area contributed by atoms with Gasteiger partial charge in [-0.05, 0) is 49.2 Å². The van der Waals surface area contributed by atoms with Gasteiger partial charge in [0, 0.05) is 11.8 Å². The summed E-state index contributed by atoms with van der Waals surface area (Å²) in [5.41, 5.74) is 1.63. The van der Waals surface area contributed by atoms with Crippen molar-refractivity contribution in [2.45, 2.75) is 18.7 Å². The van der Waals surface area contributed by atoms with Crippen LogP contribution in [0.1, 0.15) is 11.1 Å². The topological polar surface area (TPSA) is 110 Å². The molecule has 22 heavy (non-hydrogen) atoms. The second kappa shape index (κ2) is 5.64. The Morgan fingerprint density at radius 3 is 2.36 bits per heavy atom. The third-order valence-electron chi connectivity index (χ3n) is 3.21. The molecule has 0 aliphatic heterocycles. The number of anilines is 1. The van der Waals surface area contributed by atoms with Crippen LogP contribution in [0, 0.1) is 24.0 Å². The van der Waals surface area contributed by atoms with Crippen molar-refractivity contribution in [1.29, 1.82) is 0 Å². The molecule has 0 saturated carbocycles. The lowest BCUT2D eigenvalue weighted by Gasteiger charge is -2.10. The summed E-state index contributed by atoms with van der Waals surface area (Å²) in [6.45, 7) is 3.75. The summed E-state index contributed by atoms with van der Waals surface area (Å²) in [5.74, 6) is -0.588. The van der Waals surface area contributed by atoms with Gasteiger partial charge >= 0.3 is 5.69 Å². The standard InChI is InChI=1S/C14H14N2O5S/c1-9-3-4-11(7-10(9)2)15-22(20,21)12-5-6-14(17)13(8-12)16(18)19/h3-8,15,17H,1-2H3. The van der Waals surface area contributed by atoms with E-state index in [2.05, 4.69) is 4.72 Å². The fraction of sp³-hybridized carbons (Fsp3) is 0.143. The van der Waals surface area contributed by atoms with E-state index in [4.69, 9.17) is 0 Å². The fourth-order valence-electron chi connectivity index (χ4n) is 1.84. The molecule has 0 spiro atoms. The number of phenolic OH excluding ortho intramolecular Hbond substituents is 1. The number of sulfonamides is 1. The number of phenols is 1. The minimum Gasteiger partial charge on any atom is -0.502 e. The largest absolute Gasteiger partial charge is 0.502 e. The monoisotopic (exact) mass is 322 g/mol. The summed E-state index contributed by atoms with van der Waals surface area (Å²) >= 11 is 0. The van der Waals surface area contributed by atoms with E-state index in [9.17, 15) is 23.6 Å². The van der Waals surface area contributed by atoms with E-state index in [1.54, 1.807) is 18.2 Å². The van der Waals surface area contributed by atoms with Crippen LogP contribution in [0.4, 0.5) is 11.4 Å². The molecule has 0 aliphatic carbocycles. The van der Waals surface area contributed by atoms with E-state index in [1.807, 2.05) is 13.8 Å². The summed E-state index contributed by atoms with van der Waals surface area (Å²) in [6, 6.07) is 7.94. The minimum atomic E-state index is -3.98. The molecule has 0 unspecified atom stereocenters. The molecule has 0 bridgehead atoms. The Kier molecular flexibility index (Phi) is 4.05. The number of nitro benzene ring substituents is 1. The first kappa shape index (κ1) is 15.8. The Hall–Kier alpha value is -2.61. The number of benzene rings is 2. The van der Waals surface area contributed by atoms with Crippen molar-refractivity contribution < 1.29 is 18.4 Å². The number of aromatic hydroxyl groups is 1. The Labute approximate surface area is 127 Å². The van der Waals surface area contributed by atoms with Gasteiger partial charge in [0.05, 0.1) is 9.82 Å². The van der Waals surface area contributed by atoms with Crippen LogP contribution in [0.15, 0.2) is 41.3 Å². The number of nitrogens with one attached hydrogen (secondary N) is 1. The molecule has 8 heteroatoms. The molecule has 0 fully saturated rings. The molecular weight excluding hydrogens is 308 g/mol. The smallest absolute Gasteiger partial charge is 0.312 e. The summed E-state index contributed by atoms with van der Waals surface area (Å²) in [4.78, 5) is 9.63. The molecule has 0 saturated heterocycles. The van der Waals surface area contributed by atoms with Crippen molar-refractivity contribution in [1.82, 2.24) is 0 Å². The predicted octanol–water partition coefficient (Wildman–Crippen LogP) is 2.72. The Balaban J connectivity index is 2.40. The highest BCUT2D eigenvalue weighted by Gasteiger charge is 2.21. The van der Waals surface area contributed by atoms with Crippen LogP contribution < -0.4 is 4.72 Å². The second-order valence-corrected chi connectivity index (χ2v) is 6.49. The van der Waals surface area contributed by atoms with Gasteiger partial charge < -0.3 is 5.11 Å². The van der Waals surface area contributed by atoms with Gasteiger partial charge in [-0.15, -0.1) is 0 Å². The number of nitrogens with zero attached hydrogens (tertiary/aromatic N) is 1. The van der Waals surface area contributed by atoms with E-state index < -0.39 is 26.4 Å². The molecule has 0 aliphatic rings. The summed E-state index contributed by atoms with van der Waals surface area (Å²) in [5, 5.41) is 20.1. The number of aryl methyl sites for hydroxylation is 2. The summed E-state index contributed by atoms with van der Waals surface area (Å²) < 4.78 is 26.9. The van der Waals surface area contributed by atoms with Gasteiger partial charge in [-0.2, -0.15) is 0 Å². The van der Waals surface area contributed by atoms with E-state index in [1.165, 1.54) is 0 Å². The van der Waals surface area contributed by atoms with Gasteiger partial charge in [-0.1, -0.05) is 6.07 Å². The third-order valence-corrected chi connectivity index (χ3v) is 4.59. The molecule has 116 valence electrons. The zero-order valence-electron chi connectivity index (χ0n) is 11.9. The lowest BCUT2D eigenvalue weighted by Crippen LogP contribution is -2.13. The van der Waals surface area contributed by atoms with Crippen LogP contribution in [0.2, 0.25) is 0 Å². The highest BCUT2D eigenvalue weighted by Crippen LogP contribution is 2.29. The van der Waals surface area contributed by atoms with Crippen LogP contribution in [0.25, 0.3) is 0 Å². The van der Waals surface area contributed by atoms with Crippen LogP contribution >= 0.6 is 0 Å². The highest BCUT2D eigenvalue weighted by atomic mass is 32.2. The number of hydrogen-bond acceptors (Lipinski definition) is 5. The fourth-order valence-corrected chi connectivity index (χ4v) is 2.90. The SMILES string of the molecule is Cc1ccc(NS(=O)(=O)c2ccc(O)c([N+](=O)[O-])c2)cc1C.